The van der Waals surface area contributed by atoms with E-state index in [9.17, 15) is 9.59 Å². The van der Waals surface area contributed by atoms with Crippen LogP contribution in [0.5, 0.6) is 11.5 Å². The van der Waals surface area contributed by atoms with Gasteiger partial charge in [0.25, 0.3) is 5.91 Å². The van der Waals surface area contributed by atoms with E-state index >= 15 is 0 Å². The van der Waals surface area contributed by atoms with Gasteiger partial charge >= 0.3 is 5.97 Å². The Bertz CT molecular complexity index is 1650. The van der Waals surface area contributed by atoms with Crippen LogP contribution in [0.25, 0.3) is 22.2 Å². The van der Waals surface area contributed by atoms with Crippen LogP contribution in [0.3, 0.4) is 0 Å². The van der Waals surface area contributed by atoms with E-state index in [0.29, 0.717) is 28.1 Å². The molecule has 1 saturated carbocycles. The number of methoxy groups -OCH3 is 3. The summed E-state index contributed by atoms with van der Waals surface area (Å²) in [6.45, 7) is 5.98. The number of aromatic nitrogens is 2. The van der Waals surface area contributed by atoms with E-state index in [1.807, 2.05) is 39.0 Å². The number of hydrogen-bond donors (Lipinski definition) is 2. The van der Waals surface area contributed by atoms with E-state index in [4.69, 9.17) is 19.2 Å². The number of aromatic amines is 1. The molecule has 1 fully saturated rings. The number of fused-ring (bicyclic) bond motifs is 1. The third kappa shape index (κ3) is 6.56. The van der Waals surface area contributed by atoms with Gasteiger partial charge in [0.1, 0.15) is 17.2 Å². The summed E-state index contributed by atoms with van der Waals surface area (Å²) in [5.74, 6) is 1.41. The summed E-state index contributed by atoms with van der Waals surface area (Å²) >= 11 is 1.49. The van der Waals surface area contributed by atoms with Gasteiger partial charge in [0, 0.05) is 26.9 Å². The first kappa shape index (κ1) is 30.6. The first-order valence-electron chi connectivity index (χ1n) is 14.9. The second-order valence-electron chi connectivity index (χ2n) is 11.5. The molecule has 2 aromatic carbocycles. The topological polar surface area (TPSA) is 103 Å². The summed E-state index contributed by atoms with van der Waals surface area (Å²) in [7, 11) is 4.67. The number of rotatable bonds is 10. The van der Waals surface area contributed by atoms with E-state index in [1.54, 1.807) is 14.2 Å². The number of H-pyrrole nitrogens is 1. The molecule has 1 amide bonds. The number of nitrogens with zero attached hydrogens (tertiary/aromatic N) is 1. The number of thiazole rings is 1. The molecule has 9 heteroatoms. The molecule has 43 heavy (non-hydrogen) atoms. The lowest BCUT2D eigenvalue weighted by Crippen LogP contribution is -2.16. The molecule has 0 radical (unpaired) electrons. The number of ether oxygens (including phenoxy) is 3. The maximum Gasteiger partial charge on any atom is 0.310 e. The molecule has 0 saturated heterocycles. The van der Waals surface area contributed by atoms with Gasteiger partial charge in [-0.2, -0.15) is 0 Å². The van der Waals surface area contributed by atoms with Gasteiger partial charge in [-0.05, 0) is 68.9 Å². The van der Waals surface area contributed by atoms with E-state index in [1.165, 1.54) is 50.6 Å². The summed E-state index contributed by atoms with van der Waals surface area (Å²) in [5.41, 5.74) is 6.44. The van der Waals surface area contributed by atoms with E-state index in [2.05, 4.69) is 16.4 Å². The molecule has 0 bridgehead atoms. The highest BCUT2D eigenvalue weighted by molar-refractivity contribution is 7.16. The molecule has 2 N–H and O–H groups in total. The summed E-state index contributed by atoms with van der Waals surface area (Å²) < 4.78 is 16.4. The number of benzene rings is 2. The molecular formula is C34H41N3O5S. The van der Waals surface area contributed by atoms with Gasteiger partial charge in [0.05, 0.1) is 33.4 Å². The smallest absolute Gasteiger partial charge is 0.310 e. The molecule has 8 nitrogen and oxygen atoms in total. The third-order valence-electron chi connectivity index (χ3n) is 8.53. The quantitative estimate of drug-likeness (QED) is 0.180. The van der Waals surface area contributed by atoms with Gasteiger partial charge in [0.2, 0.25) is 0 Å². The van der Waals surface area contributed by atoms with Gasteiger partial charge in [-0.25, -0.2) is 4.98 Å². The van der Waals surface area contributed by atoms with Crippen molar-refractivity contribution in [3.05, 3.63) is 57.1 Å². The summed E-state index contributed by atoms with van der Waals surface area (Å²) in [6, 6.07) is 7.98. The predicted octanol–water partition coefficient (Wildman–Crippen LogP) is 7.71. The van der Waals surface area contributed by atoms with Crippen molar-refractivity contribution in [2.75, 3.05) is 26.6 Å². The van der Waals surface area contributed by atoms with Gasteiger partial charge in [-0.3, -0.25) is 14.9 Å². The van der Waals surface area contributed by atoms with Crippen molar-refractivity contribution in [2.24, 2.45) is 5.92 Å². The largest absolute Gasteiger partial charge is 0.496 e. The molecule has 0 spiro atoms. The van der Waals surface area contributed by atoms with E-state index < -0.39 is 5.97 Å². The fourth-order valence-electron chi connectivity index (χ4n) is 6.29. The van der Waals surface area contributed by atoms with Crippen molar-refractivity contribution in [3.8, 4) is 22.8 Å². The standard InChI is InChI=1S/C34H41N3O5S/c1-19-14-21(3)30-23(15-19)24(18-29(38)42-6)32(35-30)33(39)37-34-36-31(25-17-26(40-4)20(2)16-27(25)41-5)28(43-34)13-12-22-10-8-7-9-11-22/h14-17,22,35H,7-13,18H2,1-6H3,(H,36,37,39). The fraction of sp³-hybridized carbons (Fsp3) is 0.441. The average Bonchev–Trinajstić information content (AvgIpc) is 3.57. The Morgan fingerprint density at radius 1 is 0.977 bits per heavy atom. The van der Waals surface area contributed by atoms with E-state index in [0.717, 1.165) is 62.3 Å². The maximum atomic E-state index is 13.8. The number of hydrogen-bond acceptors (Lipinski definition) is 7. The van der Waals surface area contributed by atoms with Crippen LogP contribution < -0.4 is 14.8 Å². The Labute approximate surface area is 257 Å². The van der Waals surface area contributed by atoms with Crippen molar-refractivity contribution < 1.29 is 23.8 Å². The summed E-state index contributed by atoms with van der Waals surface area (Å²) in [4.78, 5) is 35.5. The molecule has 2 heterocycles. The number of carbonyl (C=O) groups excluding carboxylic acids is 2. The number of carbonyl (C=O) groups is 2. The molecule has 4 aromatic rings. The van der Waals surface area contributed by atoms with Crippen LogP contribution in [0.2, 0.25) is 0 Å². The minimum atomic E-state index is -0.406. The van der Waals surface area contributed by atoms with Crippen molar-refractivity contribution in [1.82, 2.24) is 9.97 Å². The molecule has 1 aliphatic rings. The number of nitrogens with one attached hydrogen (secondary N) is 2. The second kappa shape index (κ2) is 13.2. The Morgan fingerprint density at radius 2 is 1.72 bits per heavy atom. The molecule has 5 rings (SSSR count). The minimum Gasteiger partial charge on any atom is -0.496 e. The van der Waals surface area contributed by atoms with Crippen LogP contribution in [0.4, 0.5) is 5.13 Å². The van der Waals surface area contributed by atoms with Crippen LogP contribution in [-0.2, 0) is 22.4 Å². The lowest BCUT2D eigenvalue weighted by atomic mass is 9.86. The fourth-order valence-corrected chi connectivity index (χ4v) is 7.28. The zero-order valence-electron chi connectivity index (χ0n) is 25.9. The predicted molar refractivity (Wildman–Crippen MR) is 172 cm³/mol. The van der Waals surface area contributed by atoms with Gasteiger partial charge in [-0.1, -0.05) is 43.7 Å². The first-order valence-corrected chi connectivity index (χ1v) is 15.8. The summed E-state index contributed by atoms with van der Waals surface area (Å²) in [5, 5.41) is 4.38. The van der Waals surface area contributed by atoms with Crippen LogP contribution in [0, 0.1) is 26.7 Å². The highest BCUT2D eigenvalue weighted by Crippen LogP contribution is 2.41. The lowest BCUT2D eigenvalue weighted by Gasteiger charge is -2.21. The van der Waals surface area contributed by atoms with Crippen molar-refractivity contribution in [2.45, 2.75) is 72.1 Å². The normalized spacial score (nSPS) is 13.7. The van der Waals surface area contributed by atoms with Crippen molar-refractivity contribution in [1.29, 1.82) is 0 Å². The molecule has 0 aliphatic heterocycles. The minimum absolute atomic E-state index is 0.0156. The Morgan fingerprint density at radius 3 is 2.42 bits per heavy atom. The molecule has 2 aromatic heterocycles. The lowest BCUT2D eigenvalue weighted by molar-refractivity contribution is -0.139. The highest BCUT2D eigenvalue weighted by atomic mass is 32.1. The number of aryl methyl sites for hydroxylation is 4. The van der Waals surface area contributed by atoms with Crippen molar-refractivity contribution >= 4 is 39.2 Å². The molecule has 0 atom stereocenters. The Kier molecular flexibility index (Phi) is 9.40. The van der Waals surface area contributed by atoms with Gasteiger partial charge in [-0.15, -0.1) is 11.3 Å². The third-order valence-corrected chi connectivity index (χ3v) is 9.56. The number of esters is 1. The second-order valence-corrected chi connectivity index (χ2v) is 12.6. The summed E-state index contributed by atoms with van der Waals surface area (Å²) in [6.07, 6.45) is 8.37. The first-order chi connectivity index (χ1) is 20.7. The van der Waals surface area contributed by atoms with Gasteiger partial charge < -0.3 is 19.2 Å². The van der Waals surface area contributed by atoms with Crippen LogP contribution >= 0.6 is 11.3 Å². The molecular weight excluding hydrogens is 562 g/mol. The van der Waals surface area contributed by atoms with Crippen LogP contribution in [0.15, 0.2) is 24.3 Å². The SMILES string of the molecule is COC(=O)Cc1c(C(=O)Nc2nc(-c3cc(OC)c(C)cc3OC)c(CCC3CCCCC3)s2)[nH]c2c(C)cc(C)cc12. The Hall–Kier alpha value is -3.85. The highest BCUT2D eigenvalue weighted by Gasteiger charge is 2.25. The van der Waals surface area contributed by atoms with Crippen LogP contribution in [0.1, 0.15) is 76.1 Å². The number of anilines is 1. The molecule has 1 aliphatic carbocycles. The van der Waals surface area contributed by atoms with E-state index in [-0.39, 0.29) is 12.3 Å². The molecule has 0 unspecified atom stereocenters. The zero-order valence-corrected chi connectivity index (χ0v) is 26.8. The maximum absolute atomic E-state index is 13.8. The monoisotopic (exact) mass is 603 g/mol. The number of amides is 1. The zero-order chi connectivity index (χ0) is 30.7. The van der Waals surface area contributed by atoms with Crippen molar-refractivity contribution in [3.63, 3.8) is 0 Å². The van der Waals surface area contributed by atoms with Crippen LogP contribution in [-0.4, -0.2) is 43.2 Å². The molecule has 228 valence electrons. The average molecular weight is 604 g/mol. The Balaban J connectivity index is 1.53. The van der Waals surface area contributed by atoms with Gasteiger partial charge in [0.15, 0.2) is 5.13 Å².